The van der Waals surface area contributed by atoms with Gasteiger partial charge in [0, 0.05) is 74.9 Å². The third-order valence-corrected chi connectivity index (χ3v) is 7.53. The van der Waals surface area contributed by atoms with Crippen LogP contribution < -0.4 is 5.32 Å². The van der Waals surface area contributed by atoms with E-state index in [0.717, 1.165) is 42.9 Å². The molecule has 5 rings (SSSR count). The summed E-state index contributed by atoms with van der Waals surface area (Å²) in [5, 5.41) is 13.9. The van der Waals surface area contributed by atoms with Crippen molar-refractivity contribution >= 4 is 12.0 Å². The predicted octanol–water partition coefficient (Wildman–Crippen LogP) is 4.13. The zero-order valence-corrected chi connectivity index (χ0v) is 21.7. The number of ether oxygens (including phenoxy) is 1. The molecule has 1 saturated heterocycles. The van der Waals surface area contributed by atoms with Crippen molar-refractivity contribution in [3.63, 3.8) is 0 Å². The van der Waals surface area contributed by atoms with Crippen LogP contribution in [0, 0.1) is 11.8 Å². The quantitative estimate of drug-likeness (QED) is 0.510. The maximum atomic E-state index is 12.0. The molecule has 37 heavy (non-hydrogen) atoms. The number of carbonyl (C=O) groups excluding carboxylic acids is 1. The van der Waals surface area contributed by atoms with Crippen LogP contribution >= 0.6 is 0 Å². The number of rotatable bonds is 9. The van der Waals surface area contributed by atoms with Gasteiger partial charge in [-0.2, -0.15) is 0 Å². The fourth-order valence-corrected chi connectivity index (χ4v) is 4.83. The summed E-state index contributed by atoms with van der Waals surface area (Å²) in [4.78, 5) is 18.7. The molecule has 2 aliphatic heterocycles. The van der Waals surface area contributed by atoms with Crippen LogP contribution in [0.3, 0.4) is 0 Å². The zero-order chi connectivity index (χ0) is 25.8. The fourth-order valence-electron chi connectivity index (χ4n) is 4.83. The van der Waals surface area contributed by atoms with Gasteiger partial charge in [-0.1, -0.05) is 43.0 Å². The number of carbonyl (C=O) groups is 1. The van der Waals surface area contributed by atoms with Crippen LogP contribution in [0.1, 0.15) is 54.9 Å². The number of allylic oxidation sites excluding steroid dienone is 2. The number of hydrogen-bond acceptors (Lipinski definition) is 6. The number of aliphatic imine (C=N–C) groups is 1. The van der Waals surface area contributed by atoms with Gasteiger partial charge in [0.1, 0.15) is 0 Å². The second-order valence-electron chi connectivity index (χ2n) is 10.7. The molecule has 0 bridgehead atoms. The van der Waals surface area contributed by atoms with Gasteiger partial charge in [-0.3, -0.25) is 14.7 Å². The predicted molar refractivity (Wildman–Crippen MR) is 146 cm³/mol. The lowest BCUT2D eigenvalue weighted by Gasteiger charge is -2.38. The van der Waals surface area contributed by atoms with E-state index in [1.807, 2.05) is 12.1 Å². The second-order valence-corrected chi connectivity index (χ2v) is 10.7. The van der Waals surface area contributed by atoms with Gasteiger partial charge >= 0.3 is 0 Å². The number of aliphatic hydroxyl groups excluding tert-OH is 1. The van der Waals surface area contributed by atoms with Crippen LogP contribution in [0.5, 0.6) is 0 Å². The van der Waals surface area contributed by atoms with E-state index in [1.54, 1.807) is 13.3 Å². The summed E-state index contributed by atoms with van der Waals surface area (Å²) in [7, 11) is 1.77. The van der Waals surface area contributed by atoms with Crippen molar-refractivity contribution in [1.82, 2.24) is 10.2 Å². The number of aliphatic hydroxyl groups is 1. The van der Waals surface area contributed by atoms with Gasteiger partial charge in [0.2, 0.25) is 5.78 Å². The monoisotopic (exact) mass is 497 g/mol. The van der Waals surface area contributed by atoms with E-state index >= 15 is 0 Å². The molecule has 1 atom stereocenters. The summed E-state index contributed by atoms with van der Waals surface area (Å²) in [6, 6.07) is 17.3. The summed E-state index contributed by atoms with van der Waals surface area (Å²) in [6.07, 6.45) is 5.01. The molecule has 2 fully saturated rings. The molecule has 2 aromatic rings. The smallest absolute Gasteiger partial charge is 0.204 e. The van der Waals surface area contributed by atoms with Crippen molar-refractivity contribution < 1.29 is 14.6 Å². The average molecular weight is 498 g/mol. The lowest BCUT2D eigenvalue weighted by molar-refractivity contribution is -0.117. The lowest BCUT2D eigenvalue weighted by atomic mass is 9.77. The molecule has 0 radical (unpaired) electrons. The molecule has 3 aliphatic rings. The average Bonchev–Trinajstić information content (AvgIpc) is 3.72. The first-order chi connectivity index (χ1) is 17.9. The van der Waals surface area contributed by atoms with E-state index in [4.69, 9.17) is 4.74 Å². The summed E-state index contributed by atoms with van der Waals surface area (Å²) in [5.74, 6) is 6.10. The molecule has 1 saturated carbocycles. The highest BCUT2D eigenvalue weighted by molar-refractivity contribution is 6.04. The number of ketones is 1. The molecule has 0 aromatic heterocycles. The van der Waals surface area contributed by atoms with Crippen molar-refractivity contribution in [2.45, 2.75) is 56.7 Å². The minimum Gasteiger partial charge on any atom is -0.503 e. The number of methoxy groups -OCH3 is 1. The van der Waals surface area contributed by atoms with Crippen molar-refractivity contribution in [3.8, 4) is 11.8 Å². The molecule has 1 aliphatic carbocycles. The summed E-state index contributed by atoms with van der Waals surface area (Å²) < 4.78 is 5.35. The molecular formula is C31H35N3O3. The van der Waals surface area contributed by atoms with E-state index in [9.17, 15) is 9.90 Å². The molecular weight excluding hydrogens is 462 g/mol. The second kappa shape index (κ2) is 11.0. The number of Topliss-reactive ketones (excluding diaryl/α,β-unsaturated/α-hetero) is 1. The molecule has 0 amide bonds. The van der Waals surface area contributed by atoms with Crippen LogP contribution in [-0.2, 0) is 21.5 Å². The molecule has 2 heterocycles. The third-order valence-electron chi connectivity index (χ3n) is 7.53. The molecule has 2 aromatic carbocycles. The van der Waals surface area contributed by atoms with Gasteiger partial charge in [-0.25, -0.2) is 0 Å². The maximum absolute atomic E-state index is 12.0. The van der Waals surface area contributed by atoms with Crippen LogP contribution in [0.15, 0.2) is 65.0 Å². The minimum atomic E-state index is -0.317. The number of nitrogens with zero attached hydrogens (tertiary/aromatic N) is 2. The van der Waals surface area contributed by atoms with Crippen molar-refractivity contribution in [1.29, 1.82) is 0 Å². The Morgan fingerprint density at radius 3 is 2.35 bits per heavy atom. The van der Waals surface area contributed by atoms with Gasteiger partial charge in [-0.15, -0.1) is 0 Å². The van der Waals surface area contributed by atoms with E-state index in [-0.39, 0.29) is 23.4 Å². The maximum Gasteiger partial charge on any atom is 0.204 e. The Labute approximate surface area is 219 Å². The Bertz CT molecular complexity index is 1240. The van der Waals surface area contributed by atoms with Crippen LogP contribution in [0.2, 0.25) is 0 Å². The molecule has 0 unspecified atom stereocenters. The lowest BCUT2D eigenvalue weighted by Crippen LogP contribution is -2.50. The van der Waals surface area contributed by atoms with Crippen LogP contribution in [0.25, 0.3) is 0 Å². The standard InChI is InChI=1S/C31H35N3O3/c1-31(21-33-26-13-14-26,17-28-30(36)29(35)15-16-32-28)25-11-9-23(10-12-25)4-3-22-5-7-24(8-6-22)18-34-19-27(20-34)37-2/h5-12,16,26-27,33,36H,13-15,17-21H2,1-2H3/t31-/m1/s1. The van der Waals surface area contributed by atoms with Gasteiger partial charge in [0.25, 0.3) is 0 Å². The van der Waals surface area contributed by atoms with Crippen molar-refractivity contribution in [2.75, 3.05) is 26.7 Å². The normalized spacial score (nSPS) is 19.8. The Hall–Kier alpha value is -3.24. The van der Waals surface area contributed by atoms with Crippen molar-refractivity contribution in [3.05, 3.63) is 82.2 Å². The van der Waals surface area contributed by atoms with E-state index < -0.39 is 0 Å². The summed E-state index contributed by atoms with van der Waals surface area (Å²) >= 11 is 0. The highest BCUT2D eigenvalue weighted by Crippen LogP contribution is 2.34. The Balaban J connectivity index is 1.26. The SMILES string of the molecule is COC1CN(Cc2ccc(C#Cc3ccc([C@@](C)(CNC4CC4)CC4=C(O)C(=O)CC=N4)cc3)cc2)C1. The van der Waals surface area contributed by atoms with Crippen molar-refractivity contribution in [2.24, 2.45) is 4.99 Å². The van der Waals surface area contributed by atoms with Crippen LogP contribution in [-0.4, -0.2) is 60.9 Å². The Morgan fingerprint density at radius 1 is 1.08 bits per heavy atom. The first-order valence-electron chi connectivity index (χ1n) is 13.1. The molecule has 6 heteroatoms. The van der Waals surface area contributed by atoms with Gasteiger partial charge in [0.05, 0.1) is 11.8 Å². The van der Waals surface area contributed by atoms with Crippen LogP contribution in [0.4, 0.5) is 0 Å². The molecule has 192 valence electrons. The fraction of sp³-hybridized carbons (Fsp3) is 0.419. The minimum absolute atomic E-state index is 0.162. The largest absolute Gasteiger partial charge is 0.503 e. The summed E-state index contributed by atoms with van der Waals surface area (Å²) in [5.41, 5.74) is 4.51. The molecule has 6 nitrogen and oxygen atoms in total. The van der Waals surface area contributed by atoms with E-state index in [0.29, 0.717) is 24.3 Å². The Morgan fingerprint density at radius 2 is 1.73 bits per heavy atom. The number of hydrogen-bond donors (Lipinski definition) is 2. The number of benzene rings is 2. The first-order valence-corrected chi connectivity index (χ1v) is 13.1. The summed E-state index contributed by atoms with van der Waals surface area (Å²) in [6.45, 7) is 5.84. The molecule has 2 N–H and O–H groups in total. The van der Waals surface area contributed by atoms with E-state index in [2.05, 4.69) is 70.4 Å². The number of nitrogens with one attached hydrogen (secondary N) is 1. The highest BCUT2D eigenvalue weighted by atomic mass is 16.5. The topological polar surface area (TPSA) is 74.2 Å². The Kier molecular flexibility index (Phi) is 7.57. The zero-order valence-electron chi connectivity index (χ0n) is 21.7. The third kappa shape index (κ3) is 6.37. The van der Waals surface area contributed by atoms with Gasteiger partial charge < -0.3 is 15.2 Å². The van der Waals surface area contributed by atoms with E-state index in [1.165, 1.54) is 18.4 Å². The highest BCUT2D eigenvalue weighted by Gasteiger charge is 2.33. The first kappa shape index (κ1) is 25.4. The van der Waals surface area contributed by atoms with Gasteiger partial charge in [-0.05, 0) is 48.2 Å². The molecule has 0 spiro atoms. The van der Waals surface area contributed by atoms with Gasteiger partial charge in [0.15, 0.2) is 5.76 Å². The number of likely N-dealkylation sites (tertiary alicyclic amines) is 1.